The second-order valence-electron chi connectivity index (χ2n) is 5.87. The normalized spacial score (nSPS) is 18.6. The zero-order chi connectivity index (χ0) is 17.3. The highest BCUT2D eigenvalue weighted by Crippen LogP contribution is 2.44. The molecule has 0 unspecified atom stereocenters. The minimum atomic E-state index is -0.443. The van der Waals surface area contributed by atoms with Crippen molar-refractivity contribution in [1.82, 2.24) is 0 Å². The lowest BCUT2D eigenvalue weighted by Crippen LogP contribution is -2.62. The molecule has 0 amide bonds. The zero-order valence-corrected chi connectivity index (χ0v) is 15.9. The molecule has 0 radical (unpaired) electrons. The van der Waals surface area contributed by atoms with E-state index in [0.717, 1.165) is 23.2 Å². The third kappa shape index (κ3) is 2.47. The van der Waals surface area contributed by atoms with Crippen LogP contribution in [0, 0.1) is 0 Å². The second-order valence-corrected chi connectivity index (χ2v) is 7.46. The lowest BCUT2D eigenvalue weighted by Gasteiger charge is -2.43. The van der Waals surface area contributed by atoms with Crippen molar-refractivity contribution in [3.63, 3.8) is 0 Å². The van der Waals surface area contributed by atoms with Gasteiger partial charge in [0.25, 0.3) is 0 Å². The first-order valence-corrected chi connectivity index (χ1v) is 10.7. The van der Waals surface area contributed by atoms with Gasteiger partial charge in [-0.25, -0.2) is 0 Å². The molecule has 1 spiro atoms. The number of nitrogens with zero attached hydrogens (tertiary/aromatic N) is 4. The fraction of sp³-hybridized carbons (Fsp3) is 0.263. The highest BCUT2D eigenvalue weighted by molar-refractivity contribution is 8.16. The van der Waals surface area contributed by atoms with E-state index >= 15 is 0 Å². The molecule has 0 N–H and O–H groups in total. The first kappa shape index (κ1) is 16.5. The number of para-hydroxylation sites is 2. The van der Waals surface area contributed by atoms with Crippen LogP contribution < -0.4 is 9.80 Å². The molecule has 2 heterocycles. The summed E-state index contributed by atoms with van der Waals surface area (Å²) in [5.41, 5.74) is 1.96. The molecule has 0 bridgehead atoms. The van der Waals surface area contributed by atoms with Gasteiger partial charge in [-0.3, -0.25) is 0 Å². The molecule has 1 fully saturated rings. The van der Waals surface area contributed by atoms with Crippen LogP contribution in [0.1, 0.15) is 0 Å². The van der Waals surface area contributed by atoms with Gasteiger partial charge in [-0.2, -0.15) is 0 Å². The molecule has 2 aromatic carbocycles. The second kappa shape index (κ2) is 6.77. The number of thioether (sulfide) groups is 2. The van der Waals surface area contributed by atoms with Crippen molar-refractivity contribution in [3.8, 4) is 0 Å². The van der Waals surface area contributed by atoms with Crippen molar-refractivity contribution >= 4 is 45.0 Å². The molecule has 0 saturated carbocycles. The smallest absolute Gasteiger partial charge is 0.217 e. The summed E-state index contributed by atoms with van der Waals surface area (Å²) in [5.74, 6) is 0. The van der Waals surface area contributed by atoms with Gasteiger partial charge in [-0.15, -0.1) is 33.7 Å². The Morgan fingerprint density at radius 3 is 1.48 bits per heavy atom. The molecule has 25 heavy (non-hydrogen) atoms. The molecule has 0 aromatic heterocycles. The molecule has 0 atom stereocenters. The molecule has 4 nitrogen and oxygen atoms in total. The van der Waals surface area contributed by atoms with E-state index in [9.17, 15) is 0 Å². The zero-order valence-electron chi connectivity index (χ0n) is 14.3. The van der Waals surface area contributed by atoms with E-state index in [-0.39, 0.29) is 0 Å². The summed E-state index contributed by atoms with van der Waals surface area (Å²) in [5, 5.41) is 11.2. The molecule has 2 aromatic rings. The van der Waals surface area contributed by atoms with Crippen LogP contribution >= 0.6 is 23.5 Å². The van der Waals surface area contributed by atoms with Crippen LogP contribution in [0.4, 0.5) is 11.4 Å². The monoisotopic (exact) mass is 368 g/mol. The molecule has 0 aliphatic carbocycles. The van der Waals surface area contributed by atoms with E-state index in [1.54, 1.807) is 23.5 Å². The predicted molar refractivity (Wildman–Crippen MR) is 112 cm³/mol. The lowest BCUT2D eigenvalue weighted by molar-refractivity contribution is 0.755. The van der Waals surface area contributed by atoms with Crippen LogP contribution in [0.3, 0.4) is 0 Å². The van der Waals surface area contributed by atoms with Crippen LogP contribution in [-0.2, 0) is 0 Å². The predicted octanol–water partition coefficient (Wildman–Crippen LogP) is 4.16. The minimum absolute atomic E-state index is 0.443. The molecular formula is C19H20N4S2. The maximum atomic E-state index is 4.56. The Kier molecular flexibility index (Phi) is 4.48. The first-order valence-electron chi connectivity index (χ1n) is 8.22. The number of rotatable bonds is 2. The SMILES string of the molecule is CSC1=NN=C(SC)C12N(c1ccccc1)CCN2c1ccccc1. The molecule has 6 heteroatoms. The quantitative estimate of drug-likeness (QED) is 0.796. The van der Waals surface area contributed by atoms with Crippen molar-refractivity contribution < 1.29 is 0 Å². The third-order valence-corrected chi connectivity index (χ3v) is 6.18. The maximum Gasteiger partial charge on any atom is 0.217 e. The van der Waals surface area contributed by atoms with Gasteiger partial charge in [0.1, 0.15) is 10.1 Å². The average molecular weight is 369 g/mol. The van der Waals surface area contributed by atoms with Crippen molar-refractivity contribution in [2.75, 3.05) is 35.4 Å². The van der Waals surface area contributed by atoms with E-state index in [0.29, 0.717) is 0 Å². The van der Waals surface area contributed by atoms with Gasteiger partial charge in [0.05, 0.1) is 0 Å². The Morgan fingerprint density at radius 1 is 0.720 bits per heavy atom. The summed E-state index contributed by atoms with van der Waals surface area (Å²) in [6.07, 6.45) is 4.17. The Bertz CT molecular complexity index is 735. The van der Waals surface area contributed by atoms with Gasteiger partial charge >= 0.3 is 0 Å². The van der Waals surface area contributed by atoms with Crippen molar-refractivity contribution in [1.29, 1.82) is 0 Å². The van der Waals surface area contributed by atoms with Crippen molar-refractivity contribution in [3.05, 3.63) is 60.7 Å². The molecule has 2 aliphatic rings. The summed E-state index contributed by atoms with van der Waals surface area (Å²) in [7, 11) is 0. The summed E-state index contributed by atoms with van der Waals surface area (Å²) >= 11 is 3.37. The molecule has 1 saturated heterocycles. The highest BCUT2D eigenvalue weighted by Gasteiger charge is 2.57. The van der Waals surface area contributed by atoms with Crippen LogP contribution in [0.2, 0.25) is 0 Å². The summed E-state index contributed by atoms with van der Waals surface area (Å²) < 4.78 is 0. The topological polar surface area (TPSA) is 31.2 Å². The van der Waals surface area contributed by atoms with Gasteiger partial charge in [0, 0.05) is 24.5 Å². The van der Waals surface area contributed by atoms with Crippen LogP contribution in [-0.4, -0.2) is 41.4 Å². The summed E-state index contributed by atoms with van der Waals surface area (Å²) in [6, 6.07) is 21.2. The molecule has 128 valence electrons. The van der Waals surface area contributed by atoms with Gasteiger partial charge in [0.15, 0.2) is 0 Å². The van der Waals surface area contributed by atoms with Crippen LogP contribution in [0.25, 0.3) is 0 Å². The summed E-state index contributed by atoms with van der Waals surface area (Å²) in [4.78, 5) is 4.88. The molecular weight excluding hydrogens is 348 g/mol. The van der Waals surface area contributed by atoms with Gasteiger partial charge < -0.3 is 9.80 Å². The van der Waals surface area contributed by atoms with Gasteiger partial charge in [0.2, 0.25) is 5.66 Å². The molecule has 4 rings (SSSR count). The fourth-order valence-electron chi connectivity index (χ4n) is 3.67. The largest absolute Gasteiger partial charge is 0.336 e. The van der Waals surface area contributed by atoms with Gasteiger partial charge in [-0.1, -0.05) is 36.4 Å². The highest BCUT2D eigenvalue weighted by atomic mass is 32.2. The standard InChI is InChI=1S/C19H20N4S2/c1-24-17-19(18(25-2)21-20-17)22(15-9-5-3-6-10-15)13-14-23(19)16-11-7-4-8-12-16/h3-12H,13-14H2,1-2H3. The van der Waals surface area contributed by atoms with E-state index in [1.165, 1.54) is 11.4 Å². The number of anilines is 2. The third-order valence-electron chi connectivity index (χ3n) is 4.68. The number of hydrogen-bond acceptors (Lipinski definition) is 6. The Morgan fingerprint density at radius 2 is 1.12 bits per heavy atom. The summed E-state index contributed by atoms with van der Waals surface area (Å²) in [6.45, 7) is 1.86. The molecule has 2 aliphatic heterocycles. The Labute approximate surface area is 157 Å². The minimum Gasteiger partial charge on any atom is -0.336 e. The average Bonchev–Trinajstić information content (AvgIpc) is 3.25. The van der Waals surface area contributed by atoms with Gasteiger partial charge in [-0.05, 0) is 36.8 Å². The van der Waals surface area contributed by atoms with E-state index in [4.69, 9.17) is 0 Å². The lowest BCUT2D eigenvalue weighted by atomic mass is 10.1. The Balaban J connectivity index is 1.90. The first-order chi connectivity index (χ1) is 12.3. The van der Waals surface area contributed by atoms with Crippen molar-refractivity contribution in [2.45, 2.75) is 5.66 Å². The number of benzene rings is 2. The number of hydrogen-bond donors (Lipinski definition) is 0. The van der Waals surface area contributed by atoms with E-state index < -0.39 is 5.66 Å². The van der Waals surface area contributed by atoms with Crippen LogP contribution in [0.15, 0.2) is 70.9 Å². The van der Waals surface area contributed by atoms with Crippen molar-refractivity contribution in [2.24, 2.45) is 10.2 Å². The van der Waals surface area contributed by atoms with Crippen LogP contribution in [0.5, 0.6) is 0 Å². The fourth-order valence-corrected chi connectivity index (χ4v) is 5.18. The Hall–Kier alpha value is -1.92. The maximum absolute atomic E-state index is 4.56. The van der Waals surface area contributed by atoms with E-state index in [2.05, 4.69) is 93.2 Å². The van der Waals surface area contributed by atoms with E-state index in [1.807, 2.05) is 0 Å².